The molecule has 0 fully saturated rings. The maximum atomic E-state index is 12.7. The minimum Gasteiger partial charge on any atom is -0.455 e. The molecule has 2 aromatic carbocycles. The third kappa shape index (κ3) is 5.10. The second-order valence-electron chi connectivity index (χ2n) is 7.90. The highest BCUT2D eigenvalue weighted by Gasteiger charge is 2.28. The molecule has 0 bridgehead atoms. The lowest BCUT2D eigenvalue weighted by Gasteiger charge is -2.13. The number of amides is 3. The highest BCUT2D eigenvalue weighted by atomic mass is 35.5. The van der Waals surface area contributed by atoms with Gasteiger partial charge in [0.25, 0.3) is 17.5 Å². The highest BCUT2D eigenvalue weighted by molar-refractivity contribution is 6.33. The molecule has 3 aromatic rings. The van der Waals surface area contributed by atoms with Crippen LogP contribution in [0.5, 0.6) is 0 Å². The number of hydrogen-bond acceptors (Lipinski definition) is 7. The zero-order chi connectivity index (χ0) is 25.8. The van der Waals surface area contributed by atoms with E-state index in [-0.39, 0.29) is 22.6 Å². The van der Waals surface area contributed by atoms with Gasteiger partial charge < -0.3 is 4.42 Å². The van der Waals surface area contributed by atoms with E-state index in [0.29, 0.717) is 46.9 Å². The van der Waals surface area contributed by atoms with Gasteiger partial charge in [0, 0.05) is 35.2 Å². The van der Waals surface area contributed by atoms with Crippen molar-refractivity contribution in [1.82, 2.24) is 16.3 Å². The Morgan fingerprint density at radius 3 is 2.39 bits per heavy atom. The van der Waals surface area contributed by atoms with E-state index in [4.69, 9.17) is 16.0 Å². The van der Waals surface area contributed by atoms with Gasteiger partial charge in [0.05, 0.1) is 21.2 Å². The lowest BCUT2D eigenvalue weighted by Crippen LogP contribution is -2.41. The molecule has 0 spiro atoms. The van der Waals surface area contributed by atoms with Gasteiger partial charge in [-0.2, -0.15) is 5.10 Å². The Morgan fingerprint density at radius 1 is 1.00 bits per heavy atom. The molecule has 0 unspecified atom stereocenters. The average Bonchev–Trinajstić information content (AvgIpc) is 3.23. The van der Waals surface area contributed by atoms with Crippen LogP contribution in [0.3, 0.4) is 0 Å². The number of nitrogens with zero attached hydrogens (tertiary/aromatic N) is 2. The summed E-state index contributed by atoms with van der Waals surface area (Å²) in [6.07, 6.45) is 1.85. The van der Waals surface area contributed by atoms with Gasteiger partial charge in [-0.3, -0.25) is 35.3 Å². The molecule has 0 saturated heterocycles. The molecule has 3 N–H and O–H groups in total. The summed E-state index contributed by atoms with van der Waals surface area (Å²) in [6.45, 7) is 1.69. The van der Waals surface area contributed by atoms with Crippen LogP contribution in [-0.4, -0.2) is 28.4 Å². The Labute approximate surface area is 209 Å². The minimum absolute atomic E-state index is 0.00368. The van der Waals surface area contributed by atoms with E-state index in [1.165, 1.54) is 24.3 Å². The van der Waals surface area contributed by atoms with E-state index in [1.54, 1.807) is 31.2 Å². The Kier molecular flexibility index (Phi) is 7.11. The topological polar surface area (TPSA) is 156 Å². The van der Waals surface area contributed by atoms with Crippen molar-refractivity contribution in [2.45, 2.75) is 26.2 Å². The molecular formula is C24H20ClN5O6. The number of furan rings is 1. The zero-order valence-corrected chi connectivity index (χ0v) is 19.7. The summed E-state index contributed by atoms with van der Waals surface area (Å²) in [7, 11) is 0. The van der Waals surface area contributed by atoms with Crippen LogP contribution in [0.2, 0.25) is 5.02 Å². The molecule has 184 valence electrons. The molecule has 1 aliphatic rings. The van der Waals surface area contributed by atoms with Crippen molar-refractivity contribution in [1.29, 1.82) is 0 Å². The van der Waals surface area contributed by atoms with Crippen LogP contribution < -0.4 is 16.3 Å². The number of carbonyl (C=O) groups excluding carboxylic acids is 3. The second kappa shape index (κ2) is 10.4. The first-order valence-corrected chi connectivity index (χ1v) is 11.2. The van der Waals surface area contributed by atoms with Crippen molar-refractivity contribution < 1.29 is 23.7 Å². The van der Waals surface area contributed by atoms with E-state index in [2.05, 4.69) is 21.4 Å². The predicted octanol–water partition coefficient (Wildman–Crippen LogP) is 3.69. The number of carbonyl (C=O) groups is 3. The van der Waals surface area contributed by atoms with Gasteiger partial charge in [-0.15, -0.1) is 0 Å². The van der Waals surface area contributed by atoms with Crippen molar-refractivity contribution in [2.75, 3.05) is 0 Å². The van der Waals surface area contributed by atoms with Crippen molar-refractivity contribution >= 4 is 40.7 Å². The fraction of sp³-hybridized carbons (Fsp3) is 0.167. The molecule has 1 aliphatic carbocycles. The summed E-state index contributed by atoms with van der Waals surface area (Å²) in [5.41, 5.74) is 9.01. The smallest absolute Gasteiger partial charge is 0.305 e. The molecule has 12 heteroatoms. The minimum atomic E-state index is -0.684. The van der Waals surface area contributed by atoms with E-state index < -0.39 is 22.6 Å². The van der Waals surface area contributed by atoms with Gasteiger partial charge in [0.1, 0.15) is 5.76 Å². The van der Waals surface area contributed by atoms with Crippen LogP contribution in [0.1, 0.15) is 61.0 Å². The van der Waals surface area contributed by atoms with Crippen LogP contribution in [0.4, 0.5) is 5.69 Å². The van der Waals surface area contributed by atoms with E-state index >= 15 is 0 Å². The second-order valence-corrected chi connectivity index (χ2v) is 8.31. The normalized spacial score (nSPS) is 13.6. The van der Waals surface area contributed by atoms with Crippen molar-refractivity contribution in [3.8, 4) is 0 Å². The van der Waals surface area contributed by atoms with Crippen molar-refractivity contribution in [3.63, 3.8) is 0 Å². The SMILES string of the molecule is Cc1c(C(=O)NNC(=O)c2ccc([N+](=O)[O-])cc2)oc2c1/C(=N/NC(=O)c1ccccc1Cl)CCC2. The van der Waals surface area contributed by atoms with Gasteiger partial charge in [0.2, 0.25) is 0 Å². The van der Waals surface area contributed by atoms with Crippen LogP contribution >= 0.6 is 11.6 Å². The highest BCUT2D eigenvalue weighted by Crippen LogP contribution is 2.30. The first-order chi connectivity index (χ1) is 17.3. The molecule has 11 nitrogen and oxygen atoms in total. The van der Waals surface area contributed by atoms with Crippen LogP contribution in [0, 0.1) is 17.0 Å². The predicted molar refractivity (Wildman–Crippen MR) is 130 cm³/mol. The standard InChI is InChI=1S/C24H20ClN5O6/c1-13-20-18(26-28-23(32)16-5-2-3-6-17(16)25)7-4-8-19(20)36-21(13)24(33)29-27-22(31)14-9-11-15(12-10-14)30(34)35/h2-3,5-6,9-12H,4,7-8H2,1H3,(H,27,31)(H,28,32)(H,29,33)/b26-18+. The van der Waals surface area contributed by atoms with Crippen LogP contribution in [0.15, 0.2) is 58.0 Å². The quantitative estimate of drug-likeness (QED) is 0.351. The summed E-state index contributed by atoms with van der Waals surface area (Å²) >= 11 is 6.07. The number of rotatable bonds is 5. The fourth-order valence-electron chi connectivity index (χ4n) is 3.80. The van der Waals surface area contributed by atoms with E-state index in [9.17, 15) is 24.5 Å². The average molecular weight is 510 g/mol. The third-order valence-electron chi connectivity index (χ3n) is 5.57. The Balaban J connectivity index is 1.46. The Morgan fingerprint density at radius 2 is 1.69 bits per heavy atom. The number of benzene rings is 2. The maximum Gasteiger partial charge on any atom is 0.305 e. The molecule has 36 heavy (non-hydrogen) atoms. The van der Waals surface area contributed by atoms with Gasteiger partial charge in [-0.05, 0) is 44.0 Å². The van der Waals surface area contributed by atoms with E-state index in [0.717, 1.165) is 0 Å². The fourth-order valence-corrected chi connectivity index (χ4v) is 4.02. The summed E-state index contributed by atoms with van der Waals surface area (Å²) in [5, 5.41) is 15.3. The maximum absolute atomic E-state index is 12.7. The number of aryl methyl sites for hydroxylation is 1. The first-order valence-electron chi connectivity index (χ1n) is 10.9. The molecule has 4 rings (SSSR count). The lowest BCUT2D eigenvalue weighted by molar-refractivity contribution is -0.384. The number of nitro benzene ring substituents is 1. The number of nitro groups is 1. The van der Waals surface area contributed by atoms with Crippen LogP contribution in [0.25, 0.3) is 0 Å². The Bertz CT molecular complexity index is 1400. The van der Waals surface area contributed by atoms with Crippen molar-refractivity contribution in [2.24, 2.45) is 5.10 Å². The summed E-state index contributed by atoms with van der Waals surface area (Å²) in [5.74, 6) is -1.26. The summed E-state index contributed by atoms with van der Waals surface area (Å²) < 4.78 is 5.77. The monoisotopic (exact) mass is 509 g/mol. The molecule has 0 atom stereocenters. The van der Waals surface area contributed by atoms with Gasteiger partial charge in [-0.1, -0.05) is 23.7 Å². The molecule has 1 heterocycles. The molecule has 0 radical (unpaired) electrons. The van der Waals surface area contributed by atoms with Gasteiger partial charge >= 0.3 is 5.91 Å². The molecule has 3 amide bonds. The lowest BCUT2D eigenvalue weighted by atomic mass is 9.93. The van der Waals surface area contributed by atoms with E-state index in [1.807, 2.05) is 0 Å². The van der Waals surface area contributed by atoms with Gasteiger partial charge in [-0.25, -0.2) is 5.43 Å². The Hall–Kier alpha value is -4.51. The number of nitrogens with one attached hydrogen (secondary N) is 3. The third-order valence-corrected chi connectivity index (χ3v) is 5.90. The molecular weight excluding hydrogens is 490 g/mol. The number of non-ortho nitro benzene ring substituents is 1. The van der Waals surface area contributed by atoms with Crippen LogP contribution in [-0.2, 0) is 6.42 Å². The summed E-state index contributed by atoms with van der Waals surface area (Å²) in [4.78, 5) is 47.7. The molecule has 0 saturated carbocycles. The number of fused-ring (bicyclic) bond motifs is 1. The molecule has 1 aromatic heterocycles. The number of hydrazine groups is 1. The van der Waals surface area contributed by atoms with Gasteiger partial charge in [0.15, 0.2) is 5.76 Å². The zero-order valence-electron chi connectivity index (χ0n) is 19.0. The number of halogens is 1. The number of hydrazone groups is 1. The first kappa shape index (κ1) is 24.6. The largest absolute Gasteiger partial charge is 0.455 e. The summed E-state index contributed by atoms with van der Waals surface area (Å²) in [6, 6.07) is 11.5. The molecule has 0 aliphatic heterocycles. The van der Waals surface area contributed by atoms with Crippen molar-refractivity contribution in [3.05, 3.63) is 97.4 Å². The number of hydrogen-bond donors (Lipinski definition) is 3.